The number of hydrazine groups is 1. The van der Waals surface area contributed by atoms with E-state index in [1.165, 1.54) is 5.56 Å². The van der Waals surface area contributed by atoms with Crippen molar-refractivity contribution >= 4 is 28.5 Å². The van der Waals surface area contributed by atoms with Gasteiger partial charge in [-0.2, -0.15) is 13.2 Å². The maximum absolute atomic E-state index is 12.2. The van der Waals surface area contributed by atoms with E-state index in [1.807, 2.05) is 60.7 Å². The monoisotopic (exact) mass is 639 g/mol. The lowest BCUT2D eigenvalue weighted by atomic mass is 9.98. The molecule has 4 aromatic carbocycles. The van der Waals surface area contributed by atoms with Crippen molar-refractivity contribution in [2.45, 2.75) is 63.5 Å². The first-order valence-electron chi connectivity index (χ1n) is 16.3. The highest BCUT2D eigenvalue weighted by Crippen LogP contribution is 2.41. The van der Waals surface area contributed by atoms with Gasteiger partial charge in [-0.05, 0) is 78.1 Å². The second-order valence-electron chi connectivity index (χ2n) is 12.0. The van der Waals surface area contributed by atoms with Crippen LogP contribution in [0.25, 0.3) is 28.2 Å². The van der Waals surface area contributed by atoms with E-state index in [1.54, 1.807) is 0 Å². The minimum atomic E-state index is -4.04. The minimum absolute atomic E-state index is 0.0828. The zero-order chi connectivity index (χ0) is 32.6. The average molecular weight is 640 g/mol. The molecule has 1 atom stereocenters. The SMILES string of the molecule is NNc1ccccc1-c1ccc2nc(C3C(Nc4ccc(OCCCCCCCCCC(F)(F)F)cc4)=Cc4ccccc43)[nH]c2c1. The van der Waals surface area contributed by atoms with Crippen LogP contribution in [0, 0.1) is 0 Å². The van der Waals surface area contributed by atoms with E-state index < -0.39 is 12.6 Å². The summed E-state index contributed by atoms with van der Waals surface area (Å²) in [6.45, 7) is 0.617. The second kappa shape index (κ2) is 14.8. The molecule has 0 saturated carbocycles. The molecule has 5 N–H and O–H groups in total. The number of anilines is 2. The molecule has 0 spiro atoms. The van der Waals surface area contributed by atoms with Crippen LogP contribution in [0.4, 0.5) is 24.5 Å². The van der Waals surface area contributed by atoms with Crippen LogP contribution in [-0.2, 0) is 0 Å². The number of rotatable bonds is 15. The van der Waals surface area contributed by atoms with Gasteiger partial charge in [-0.25, -0.2) is 4.98 Å². The lowest BCUT2D eigenvalue weighted by molar-refractivity contribution is -0.135. The number of para-hydroxylation sites is 1. The molecule has 0 fully saturated rings. The van der Waals surface area contributed by atoms with Gasteiger partial charge in [0.05, 0.1) is 29.2 Å². The van der Waals surface area contributed by atoms with Crippen molar-refractivity contribution in [2.24, 2.45) is 5.84 Å². The third-order valence-electron chi connectivity index (χ3n) is 8.61. The van der Waals surface area contributed by atoms with Crippen molar-refractivity contribution in [3.8, 4) is 16.9 Å². The average Bonchev–Trinajstić information content (AvgIpc) is 3.66. The standard InChI is InChI=1S/C38H40F3N5O/c39-38(40,41)22-10-4-2-1-3-5-11-23-47-29-19-17-28(18-20-29)43-35-25-26-12-6-7-14-31(26)36(35)37-44-33-21-16-27(24-34(33)45-37)30-13-8-9-15-32(30)46-42/h6-9,12-21,24-25,36,43,46H,1-5,10-11,22-23,42H2,(H,44,45). The van der Waals surface area contributed by atoms with Gasteiger partial charge in [-0.15, -0.1) is 0 Å². The summed E-state index contributed by atoms with van der Waals surface area (Å²) in [6, 6.07) is 30.5. The Balaban J connectivity index is 1.06. The maximum atomic E-state index is 12.2. The fourth-order valence-electron chi connectivity index (χ4n) is 6.22. The first-order valence-corrected chi connectivity index (χ1v) is 16.3. The van der Waals surface area contributed by atoms with Crippen molar-refractivity contribution in [1.82, 2.24) is 9.97 Å². The third kappa shape index (κ3) is 8.16. The van der Waals surface area contributed by atoms with E-state index >= 15 is 0 Å². The van der Waals surface area contributed by atoms with Gasteiger partial charge in [0.2, 0.25) is 0 Å². The van der Waals surface area contributed by atoms with E-state index in [0.29, 0.717) is 13.0 Å². The summed E-state index contributed by atoms with van der Waals surface area (Å²) in [5.41, 5.74) is 11.9. The van der Waals surface area contributed by atoms with Crippen molar-refractivity contribution < 1.29 is 17.9 Å². The van der Waals surface area contributed by atoms with Gasteiger partial charge in [0.25, 0.3) is 0 Å². The van der Waals surface area contributed by atoms with E-state index in [0.717, 1.165) is 88.5 Å². The number of nitrogen functional groups attached to an aromatic ring is 1. The van der Waals surface area contributed by atoms with Crippen LogP contribution in [0.2, 0.25) is 0 Å². The van der Waals surface area contributed by atoms with E-state index in [2.05, 4.69) is 52.1 Å². The Morgan fingerprint density at radius 1 is 0.809 bits per heavy atom. The van der Waals surface area contributed by atoms with E-state index in [-0.39, 0.29) is 12.3 Å². The molecule has 0 radical (unpaired) electrons. The smallest absolute Gasteiger partial charge is 0.389 e. The topological polar surface area (TPSA) is 88.0 Å². The highest BCUT2D eigenvalue weighted by molar-refractivity contribution is 5.86. The number of benzene rings is 4. The Morgan fingerprint density at radius 2 is 1.53 bits per heavy atom. The van der Waals surface area contributed by atoms with Crippen LogP contribution in [0.1, 0.15) is 74.2 Å². The largest absolute Gasteiger partial charge is 0.494 e. The summed E-state index contributed by atoms with van der Waals surface area (Å²) < 4.78 is 42.6. The summed E-state index contributed by atoms with van der Waals surface area (Å²) in [6.07, 6.45) is 3.12. The first-order chi connectivity index (χ1) is 22.9. The molecule has 244 valence electrons. The van der Waals surface area contributed by atoms with Crippen LogP contribution in [0.3, 0.4) is 0 Å². The number of aromatic amines is 1. The maximum Gasteiger partial charge on any atom is 0.389 e. The molecule has 0 aliphatic heterocycles. The molecule has 6 rings (SSSR count). The molecule has 0 bridgehead atoms. The van der Waals surface area contributed by atoms with Gasteiger partial charge in [-0.3, -0.25) is 5.84 Å². The lowest BCUT2D eigenvalue weighted by Crippen LogP contribution is -2.10. The summed E-state index contributed by atoms with van der Waals surface area (Å²) in [7, 11) is 0. The number of nitrogens with zero attached hydrogens (tertiary/aromatic N) is 1. The number of hydrogen-bond donors (Lipinski definition) is 4. The minimum Gasteiger partial charge on any atom is -0.494 e. The molecular weight excluding hydrogens is 599 g/mol. The number of alkyl halides is 3. The molecule has 47 heavy (non-hydrogen) atoms. The molecule has 5 aromatic rings. The number of halogens is 3. The molecule has 1 heterocycles. The number of nitrogens with two attached hydrogens (primary N) is 1. The lowest BCUT2D eigenvalue weighted by Gasteiger charge is -2.17. The fourth-order valence-corrected chi connectivity index (χ4v) is 6.22. The fraction of sp³-hybridized carbons (Fsp3) is 0.289. The molecule has 9 heteroatoms. The van der Waals surface area contributed by atoms with Gasteiger partial charge < -0.3 is 20.5 Å². The Kier molecular flexibility index (Phi) is 10.1. The number of imidazole rings is 1. The third-order valence-corrected chi connectivity index (χ3v) is 8.61. The summed E-state index contributed by atoms with van der Waals surface area (Å²) >= 11 is 0. The first kappa shape index (κ1) is 32.2. The highest BCUT2D eigenvalue weighted by atomic mass is 19.4. The van der Waals surface area contributed by atoms with E-state index in [4.69, 9.17) is 15.6 Å². The van der Waals surface area contributed by atoms with Gasteiger partial charge in [0.1, 0.15) is 11.6 Å². The molecule has 1 aliphatic carbocycles. The molecule has 0 saturated heterocycles. The molecule has 1 unspecified atom stereocenters. The van der Waals surface area contributed by atoms with Crippen molar-refractivity contribution in [3.63, 3.8) is 0 Å². The van der Waals surface area contributed by atoms with Gasteiger partial charge in [0, 0.05) is 23.4 Å². The molecular formula is C38H40F3N5O. The van der Waals surface area contributed by atoms with Gasteiger partial charge >= 0.3 is 6.18 Å². The number of aromatic nitrogens is 2. The van der Waals surface area contributed by atoms with Crippen LogP contribution in [-0.4, -0.2) is 22.8 Å². The van der Waals surface area contributed by atoms with Crippen molar-refractivity contribution in [1.29, 1.82) is 0 Å². The van der Waals surface area contributed by atoms with Gasteiger partial charge in [-0.1, -0.05) is 80.6 Å². The second-order valence-corrected chi connectivity index (χ2v) is 12.0. The van der Waals surface area contributed by atoms with Crippen LogP contribution < -0.4 is 21.3 Å². The number of allylic oxidation sites excluding steroid dienone is 1. The molecule has 1 aliphatic rings. The van der Waals surface area contributed by atoms with Gasteiger partial charge in [0.15, 0.2) is 0 Å². The zero-order valence-corrected chi connectivity index (χ0v) is 26.2. The number of fused-ring (bicyclic) bond motifs is 2. The number of unbranched alkanes of at least 4 members (excludes halogenated alkanes) is 6. The predicted octanol–water partition coefficient (Wildman–Crippen LogP) is 10.2. The van der Waals surface area contributed by atoms with Crippen LogP contribution >= 0.6 is 0 Å². The number of ether oxygens (including phenoxy) is 1. The number of H-pyrrole nitrogens is 1. The number of nitrogens with one attached hydrogen (secondary N) is 3. The summed E-state index contributed by atoms with van der Waals surface area (Å²) in [5, 5.41) is 3.63. The molecule has 6 nitrogen and oxygen atoms in total. The quantitative estimate of drug-likeness (QED) is 0.0520. The Hall–Kier alpha value is -4.76. The van der Waals surface area contributed by atoms with Crippen LogP contribution in [0.5, 0.6) is 5.75 Å². The number of hydrogen-bond acceptors (Lipinski definition) is 5. The Labute approximate surface area is 273 Å². The Morgan fingerprint density at radius 3 is 2.32 bits per heavy atom. The Bertz CT molecular complexity index is 1810. The molecule has 0 amide bonds. The summed E-state index contributed by atoms with van der Waals surface area (Å²) in [5.74, 6) is 7.36. The summed E-state index contributed by atoms with van der Waals surface area (Å²) in [4.78, 5) is 8.62. The van der Waals surface area contributed by atoms with Crippen molar-refractivity contribution in [3.05, 3.63) is 114 Å². The zero-order valence-electron chi connectivity index (χ0n) is 26.2. The van der Waals surface area contributed by atoms with Crippen molar-refractivity contribution in [2.75, 3.05) is 17.3 Å². The normalized spacial score (nSPS) is 14.2. The predicted molar refractivity (Wildman–Crippen MR) is 184 cm³/mol. The van der Waals surface area contributed by atoms with E-state index in [9.17, 15) is 13.2 Å². The van der Waals surface area contributed by atoms with Crippen LogP contribution in [0.15, 0.2) is 96.7 Å². The highest BCUT2D eigenvalue weighted by Gasteiger charge is 2.30. The molecule has 1 aromatic heterocycles.